The van der Waals surface area contributed by atoms with Crippen LogP contribution < -0.4 is 9.80 Å². The molecular formula is C28H36N6O3. The summed E-state index contributed by atoms with van der Waals surface area (Å²) < 4.78 is 11.4. The Morgan fingerprint density at radius 1 is 0.865 bits per heavy atom. The van der Waals surface area contributed by atoms with Crippen LogP contribution in [-0.4, -0.2) is 95.8 Å². The summed E-state index contributed by atoms with van der Waals surface area (Å²) in [4.78, 5) is 22.0. The molecule has 3 saturated heterocycles. The van der Waals surface area contributed by atoms with Crippen molar-refractivity contribution in [1.82, 2.24) is 19.9 Å². The molecule has 1 N–H and O–H groups in total. The van der Waals surface area contributed by atoms with E-state index in [-0.39, 0.29) is 18.2 Å². The molecule has 3 fully saturated rings. The fourth-order valence-electron chi connectivity index (χ4n) is 5.55. The molecule has 0 bridgehead atoms. The van der Waals surface area contributed by atoms with E-state index >= 15 is 0 Å². The van der Waals surface area contributed by atoms with E-state index in [1.54, 1.807) is 0 Å². The molecule has 0 saturated carbocycles. The molecule has 0 unspecified atom stereocenters. The van der Waals surface area contributed by atoms with Crippen LogP contribution in [0.2, 0.25) is 0 Å². The maximum Gasteiger partial charge on any atom is 0.229 e. The average molecular weight is 505 g/mol. The highest BCUT2D eigenvalue weighted by atomic mass is 16.5. The first-order valence-corrected chi connectivity index (χ1v) is 13.4. The van der Waals surface area contributed by atoms with Gasteiger partial charge in [-0.2, -0.15) is 9.97 Å². The third-order valence-electron chi connectivity index (χ3n) is 7.70. The van der Waals surface area contributed by atoms with Crippen molar-refractivity contribution in [1.29, 1.82) is 0 Å². The van der Waals surface area contributed by atoms with E-state index in [9.17, 15) is 5.11 Å². The number of aliphatic hydroxyl groups is 1. The number of hydrogen-bond donors (Lipinski definition) is 1. The number of aliphatic hydroxyl groups excluding tert-OH is 1. The molecule has 0 amide bonds. The van der Waals surface area contributed by atoms with Gasteiger partial charge in [-0.15, -0.1) is 0 Å². The van der Waals surface area contributed by atoms with Crippen LogP contribution in [0.25, 0.3) is 22.3 Å². The minimum atomic E-state index is -0.196. The summed E-state index contributed by atoms with van der Waals surface area (Å²) in [5.41, 5.74) is 3.92. The molecule has 3 atom stereocenters. The van der Waals surface area contributed by atoms with Crippen LogP contribution in [0.3, 0.4) is 0 Å². The van der Waals surface area contributed by atoms with Gasteiger partial charge < -0.3 is 24.4 Å². The number of ether oxygens (including phenoxy) is 2. The zero-order valence-corrected chi connectivity index (χ0v) is 21.7. The van der Waals surface area contributed by atoms with Crippen LogP contribution in [0.5, 0.6) is 0 Å². The fraction of sp³-hybridized carbons (Fsp3) is 0.536. The van der Waals surface area contributed by atoms with Crippen molar-refractivity contribution in [2.45, 2.75) is 45.0 Å². The minimum Gasteiger partial charge on any atom is -0.392 e. The van der Waals surface area contributed by atoms with Gasteiger partial charge in [0, 0.05) is 38.3 Å². The van der Waals surface area contributed by atoms with Gasteiger partial charge in [0.15, 0.2) is 5.65 Å². The number of likely N-dealkylation sites (tertiary alicyclic amines) is 1. The third kappa shape index (κ3) is 5.13. The number of aromatic nitrogens is 3. The van der Waals surface area contributed by atoms with Gasteiger partial charge in [0.25, 0.3) is 0 Å². The number of anilines is 2. The van der Waals surface area contributed by atoms with Gasteiger partial charge in [0.2, 0.25) is 5.95 Å². The van der Waals surface area contributed by atoms with Gasteiger partial charge in [-0.3, -0.25) is 4.90 Å². The predicted octanol–water partition coefficient (Wildman–Crippen LogP) is 2.71. The number of nitrogens with zero attached hydrogens (tertiary/aromatic N) is 6. The molecule has 6 rings (SSSR count). The van der Waals surface area contributed by atoms with Crippen molar-refractivity contribution in [2.24, 2.45) is 0 Å². The van der Waals surface area contributed by atoms with Crippen molar-refractivity contribution < 1.29 is 14.6 Å². The Bertz CT molecular complexity index is 1240. The van der Waals surface area contributed by atoms with Crippen LogP contribution in [0, 0.1) is 0 Å². The molecule has 2 aromatic heterocycles. The van der Waals surface area contributed by atoms with Crippen LogP contribution in [-0.2, 0) is 16.0 Å². The summed E-state index contributed by atoms with van der Waals surface area (Å²) in [6.45, 7) is 11.2. The summed E-state index contributed by atoms with van der Waals surface area (Å²) in [5.74, 6) is 1.64. The Hall–Kier alpha value is -2.85. The Labute approximate surface area is 218 Å². The summed E-state index contributed by atoms with van der Waals surface area (Å²) >= 11 is 0. The first kappa shape index (κ1) is 24.5. The molecule has 5 heterocycles. The molecule has 3 aromatic rings. The Balaban J connectivity index is 1.34. The molecule has 3 aliphatic rings. The number of morpholine rings is 2. The summed E-state index contributed by atoms with van der Waals surface area (Å²) in [7, 11) is 0. The van der Waals surface area contributed by atoms with Crippen molar-refractivity contribution in [3.63, 3.8) is 0 Å². The van der Waals surface area contributed by atoms with Gasteiger partial charge >= 0.3 is 0 Å². The van der Waals surface area contributed by atoms with Crippen LogP contribution in [0.15, 0.2) is 36.4 Å². The van der Waals surface area contributed by atoms with Crippen LogP contribution in [0.1, 0.15) is 25.8 Å². The van der Waals surface area contributed by atoms with Crippen molar-refractivity contribution in [3.05, 3.63) is 42.0 Å². The van der Waals surface area contributed by atoms with E-state index in [0.717, 1.165) is 61.6 Å². The van der Waals surface area contributed by atoms with E-state index in [1.165, 1.54) is 5.56 Å². The van der Waals surface area contributed by atoms with Crippen molar-refractivity contribution >= 4 is 22.8 Å². The van der Waals surface area contributed by atoms with E-state index in [0.29, 0.717) is 38.0 Å². The first-order chi connectivity index (χ1) is 18.0. The Morgan fingerprint density at radius 3 is 2.27 bits per heavy atom. The topological polar surface area (TPSA) is 87.1 Å². The van der Waals surface area contributed by atoms with Crippen molar-refractivity contribution in [2.75, 3.05) is 62.4 Å². The number of benzene rings is 1. The standard InChI is InChI=1S/C28H36N6O3/c1-19-17-36-13-11-33(19)27-24-7-8-25(22-5-3-21(4-6-22)15-32-10-9-23(35)16-32)29-26(24)30-28(31-27)34-12-14-37-18-20(34)2/h3-8,19-20,23,35H,9-18H2,1-2H3/t19-,20-,23-/m0/s1. The van der Waals surface area contributed by atoms with Gasteiger partial charge in [0.05, 0.1) is 55.7 Å². The second-order valence-corrected chi connectivity index (χ2v) is 10.5. The zero-order valence-electron chi connectivity index (χ0n) is 21.7. The second-order valence-electron chi connectivity index (χ2n) is 10.5. The quantitative estimate of drug-likeness (QED) is 0.564. The summed E-state index contributed by atoms with van der Waals surface area (Å²) in [5, 5.41) is 10.8. The van der Waals surface area contributed by atoms with Crippen LogP contribution >= 0.6 is 0 Å². The lowest BCUT2D eigenvalue weighted by molar-refractivity contribution is 0.0973. The lowest BCUT2D eigenvalue weighted by Crippen LogP contribution is -2.46. The van der Waals surface area contributed by atoms with Crippen molar-refractivity contribution in [3.8, 4) is 11.3 Å². The smallest absolute Gasteiger partial charge is 0.229 e. The number of pyridine rings is 1. The SMILES string of the molecule is C[C@H]1COCCN1c1nc(N2CCOC[C@@H]2C)c2ccc(-c3ccc(CN4CC[C@H](O)C4)cc3)nc2n1. The van der Waals surface area contributed by atoms with E-state index in [1.807, 2.05) is 0 Å². The Morgan fingerprint density at radius 2 is 1.59 bits per heavy atom. The highest BCUT2D eigenvalue weighted by Gasteiger charge is 2.27. The molecule has 0 aliphatic carbocycles. The largest absolute Gasteiger partial charge is 0.392 e. The minimum absolute atomic E-state index is 0.196. The second kappa shape index (κ2) is 10.5. The molecule has 3 aliphatic heterocycles. The lowest BCUT2D eigenvalue weighted by Gasteiger charge is -2.37. The average Bonchev–Trinajstić information content (AvgIpc) is 3.33. The van der Waals surface area contributed by atoms with Crippen LogP contribution in [0.4, 0.5) is 11.8 Å². The highest BCUT2D eigenvalue weighted by molar-refractivity contribution is 5.90. The van der Waals surface area contributed by atoms with Gasteiger partial charge in [0.1, 0.15) is 5.82 Å². The molecule has 9 nitrogen and oxygen atoms in total. The van der Waals surface area contributed by atoms with E-state index in [4.69, 9.17) is 24.4 Å². The molecule has 0 spiro atoms. The molecule has 0 radical (unpaired) electrons. The number of hydrogen-bond acceptors (Lipinski definition) is 9. The third-order valence-corrected chi connectivity index (χ3v) is 7.70. The number of rotatable bonds is 5. The fourth-order valence-corrected chi connectivity index (χ4v) is 5.55. The van der Waals surface area contributed by atoms with Gasteiger partial charge in [-0.05, 0) is 38.0 Å². The normalized spacial score (nSPS) is 25.2. The van der Waals surface area contributed by atoms with E-state index < -0.39 is 0 Å². The molecule has 196 valence electrons. The maximum absolute atomic E-state index is 9.81. The zero-order chi connectivity index (χ0) is 25.4. The lowest BCUT2D eigenvalue weighted by atomic mass is 10.1. The van der Waals surface area contributed by atoms with Gasteiger partial charge in [-0.25, -0.2) is 4.98 Å². The molecule has 37 heavy (non-hydrogen) atoms. The molecule has 9 heteroatoms. The molecule has 1 aromatic carbocycles. The monoisotopic (exact) mass is 504 g/mol. The number of β-amino-alcohol motifs (C(OH)–C–C–N with tert-alkyl or cyclic N) is 1. The molecular weight excluding hydrogens is 468 g/mol. The maximum atomic E-state index is 9.81. The number of fused-ring (bicyclic) bond motifs is 1. The van der Waals surface area contributed by atoms with Gasteiger partial charge in [-0.1, -0.05) is 24.3 Å². The summed E-state index contributed by atoms with van der Waals surface area (Å²) in [6.07, 6.45) is 0.663. The first-order valence-electron chi connectivity index (χ1n) is 13.4. The Kier molecular flexibility index (Phi) is 6.94. The summed E-state index contributed by atoms with van der Waals surface area (Å²) in [6, 6.07) is 13.2. The van der Waals surface area contributed by atoms with E-state index in [2.05, 4.69) is 64.9 Å². The highest BCUT2D eigenvalue weighted by Crippen LogP contribution is 2.31. The predicted molar refractivity (Wildman–Crippen MR) is 144 cm³/mol.